The number of hydrogen-bond donors (Lipinski definition) is 2. The highest BCUT2D eigenvalue weighted by Gasteiger charge is 2.45. The first-order chi connectivity index (χ1) is 17.1. The fraction of sp³-hybridized carbons (Fsp3) is 0.462. The molecular formula is C26H29BrF3N3O3. The Morgan fingerprint density at radius 1 is 1.03 bits per heavy atom. The van der Waals surface area contributed by atoms with Crippen LogP contribution in [0.25, 0.3) is 0 Å². The molecule has 1 atom stereocenters. The van der Waals surface area contributed by atoms with Crippen LogP contribution in [0.4, 0.5) is 18.9 Å². The van der Waals surface area contributed by atoms with Crippen LogP contribution in [0.1, 0.15) is 53.1 Å². The van der Waals surface area contributed by atoms with Crippen molar-refractivity contribution in [2.75, 3.05) is 31.5 Å². The zero-order chi connectivity index (χ0) is 25.9. The summed E-state index contributed by atoms with van der Waals surface area (Å²) in [6, 6.07) is 11.1. The Balaban J connectivity index is 1.37. The van der Waals surface area contributed by atoms with Gasteiger partial charge in [0.15, 0.2) is 0 Å². The minimum Gasteiger partial charge on any atom is -0.480 e. The van der Waals surface area contributed by atoms with Crippen molar-refractivity contribution < 1.29 is 27.9 Å². The van der Waals surface area contributed by atoms with E-state index in [-0.39, 0.29) is 25.4 Å². The lowest BCUT2D eigenvalue weighted by molar-refractivity contribution is -0.177. The Morgan fingerprint density at radius 3 is 2.36 bits per heavy atom. The second-order valence-corrected chi connectivity index (χ2v) is 10.4. The summed E-state index contributed by atoms with van der Waals surface area (Å²) >= 11 is 3.43. The maximum atomic E-state index is 13.3. The average Bonchev–Trinajstić information content (AvgIpc) is 3.30. The molecule has 0 bridgehead atoms. The number of anilines is 1. The zero-order valence-electron chi connectivity index (χ0n) is 19.7. The highest BCUT2D eigenvalue weighted by atomic mass is 79.9. The van der Waals surface area contributed by atoms with Gasteiger partial charge in [-0.2, -0.15) is 13.2 Å². The molecule has 0 spiro atoms. The molecule has 2 aromatic rings. The number of benzene rings is 2. The maximum Gasteiger partial charge on any atom is 0.404 e. The van der Waals surface area contributed by atoms with Crippen molar-refractivity contribution >= 4 is 33.5 Å². The van der Waals surface area contributed by atoms with Crippen LogP contribution in [0.5, 0.6) is 0 Å². The Kier molecular flexibility index (Phi) is 8.37. The molecule has 0 aliphatic carbocycles. The van der Waals surface area contributed by atoms with E-state index in [1.807, 2.05) is 17.0 Å². The molecule has 36 heavy (non-hydrogen) atoms. The van der Waals surface area contributed by atoms with Crippen LogP contribution in [-0.2, 0) is 11.3 Å². The van der Waals surface area contributed by atoms with Crippen LogP contribution in [0.15, 0.2) is 46.9 Å². The second-order valence-electron chi connectivity index (χ2n) is 9.50. The van der Waals surface area contributed by atoms with Gasteiger partial charge >= 0.3 is 12.1 Å². The molecule has 1 amide bonds. The van der Waals surface area contributed by atoms with Gasteiger partial charge in [0.25, 0.3) is 5.91 Å². The van der Waals surface area contributed by atoms with Gasteiger partial charge in [-0.3, -0.25) is 19.4 Å². The molecule has 2 aliphatic rings. The highest BCUT2D eigenvalue weighted by Crippen LogP contribution is 2.35. The third-order valence-electron chi connectivity index (χ3n) is 7.01. The summed E-state index contributed by atoms with van der Waals surface area (Å²) in [7, 11) is 0. The molecule has 2 aromatic carbocycles. The quantitative estimate of drug-likeness (QED) is 0.462. The first kappa shape index (κ1) is 26.6. The summed E-state index contributed by atoms with van der Waals surface area (Å²) < 4.78 is 40.7. The van der Waals surface area contributed by atoms with Gasteiger partial charge in [0.2, 0.25) is 0 Å². The molecule has 6 nitrogen and oxygen atoms in total. The lowest BCUT2D eigenvalue weighted by Gasteiger charge is -2.31. The smallest absolute Gasteiger partial charge is 0.404 e. The predicted molar refractivity (Wildman–Crippen MR) is 134 cm³/mol. The fourth-order valence-electron chi connectivity index (χ4n) is 5.10. The number of carboxylic acids is 1. The third kappa shape index (κ3) is 6.66. The summed E-state index contributed by atoms with van der Waals surface area (Å²) in [6.45, 7) is 2.05. The van der Waals surface area contributed by atoms with Gasteiger partial charge in [-0.1, -0.05) is 28.1 Å². The van der Waals surface area contributed by atoms with Crippen LogP contribution in [0.3, 0.4) is 0 Å². The molecule has 2 fully saturated rings. The molecule has 0 aromatic heterocycles. The van der Waals surface area contributed by atoms with Crippen molar-refractivity contribution in [1.82, 2.24) is 9.80 Å². The summed E-state index contributed by atoms with van der Waals surface area (Å²) in [5.74, 6) is -0.781. The molecule has 2 saturated heterocycles. The molecule has 0 radical (unpaired) electrons. The molecule has 4 rings (SSSR count). The van der Waals surface area contributed by atoms with Crippen LogP contribution in [-0.4, -0.2) is 65.2 Å². The van der Waals surface area contributed by atoms with E-state index in [0.29, 0.717) is 40.2 Å². The fourth-order valence-corrected chi connectivity index (χ4v) is 5.48. The van der Waals surface area contributed by atoms with Crippen molar-refractivity contribution in [3.05, 3.63) is 63.6 Å². The monoisotopic (exact) mass is 567 g/mol. The number of amides is 1. The first-order valence-corrected chi connectivity index (χ1v) is 12.8. The number of hydrogen-bond acceptors (Lipinski definition) is 4. The molecule has 2 N–H and O–H groups in total. The number of carbonyl (C=O) groups excluding carboxylic acids is 1. The summed E-state index contributed by atoms with van der Waals surface area (Å²) in [5.41, 5.74) is 2.82. The van der Waals surface area contributed by atoms with E-state index in [0.717, 1.165) is 31.5 Å². The molecule has 194 valence electrons. The van der Waals surface area contributed by atoms with Crippen LogP contribution >= 0.6 is 15.9 Å². The molecule has 2 heterocycles. The van der Waals surface area contributed by atoms with Gasteiger partial charge in [-0.15, -0.1) is 0 Å². The van der Waals surface area contributed by atoms with Crippen molar-refractivity contribution in [1.29, 1.82) is 0 Å². The Labute approximate surface area is 216 Å². The van der Waals surface area contributed by atoms with Gasteiger partial charge in [0.05, 0.1) is 6.54 Å². The number of piperidine rings is 1. The molecule has 0 saturated carbocycles. The van der Waals surface area contributed by atoms with Crippen molar-refractivity contribution in [3.8, 4) is 0 Å². The number of carbonyl (C=O) groups is 2. The predicted octanol–water partition coefficient (Wildman–Crippen LogP) is 5.49. The van der Waals surface area contributed by atoms with E-state index in [4.69, 9.17) is 5.11 Å². The van der Waals surface area contributed by atoms with Gasteiger partial charge in [-0.25, -0.2) is 0 Å². The number of rotatable bonds is 7. The van der Waals surface area contributed by atoms with Gasteiger partial charge in [0, 0.05) is 22.3 Å². The van der Waals surface area contributed by atoms with Crippen LogP contribution in [0.2, 0.25) is 0 Å². The van der Waals surface area contributed by atoms with Crippen molar-refractivity contribution in [2.45, 2.75) is 50.4 Å². The third-order valence-corrected chi connectivity index (χ3v) is 7.78. The van der Waals surface area contributed by atoms with E-state index in [1.54, 1.807) is 30.3 Å². The van der Waals surface area contributed by atoms with Crippen molar-refractivity contribution in [3.63, 3.8) is 0 Å². The Morgan fingerprint density at radius 2 is 1.72 bits per heavy atom. The van der Waals surface area contributed by atoms with E-state index >= 15 is 0 Å². The number of halogens is 4. The number of nitrogens with zero attached hydrogens (tertiary/aromatic N) is 2. The molecular weight excluding hydrogens is 539 g/mol. The van der Waals surface area contributed by atoms with Crippen LogP contribution in [0, 0.1) is 0 Å². The maximum absolute atomic E-state index is 13.3. The van der Waals surface area contributed by atoms with Crippen molar-refractivity contribution in [2.24, 2.45) is 0 Å². The number of alkyl halides is 3. The van der Waals surface area contributed by atoms with Gasteiger partial charge in [-0.05, 0) is 92.7 Å². The summed E-state index contributed by atoms with van der Waals surface area (Å²) in [5, 5.41) is 11.8. The normalized spacial score (nSPS) is 19.9. The summed E-state index contributed by atoms with van der Waals surface area (Å²) in [6.07, 6.45) is -1.90. The minimum absolute atomic E-state index is 0.0601. The lowest BCUT2D eigenvalue weighted by atomic mass is 9.89. The number of aliphatic carboxylic acids is 1. The topological polar surface area (TPSA) is 72.9 Å². The number of likely N-dealkylation sites (tertiary alicyclic amines) is 2. The molecule has 2 aliphatic heterocycles. The molecule has 10 heteroatoms. The number of nitrogens with one attached hydrogen (secondary N) is 1. The van der Waals surface area contributed by atoms with Crippen LogP contribution < -0.4 is 5.32 Å². The Hall–Kier alpha value is -2.43. The number of carboxylic acid groups (broad SMARTS) is 1. The lowest BCUT2D eigenvalue weighted by Crippen LogP contribution is -2.40. The van der Waals surface area contributed by atoms with Gasteiger partial charge in [0.1, 0.15) is 6.04 Å². The standard InChI is InChI=1S/C26H29BrF3N3O3/c27-22-8-7-21(14-20(22)15-33-11-1-2-23(33)26(28,29)30)31-25(36)19-5-3-17(4-6-19)18-9-12-32(13-10-18)16-24(34)35/h3-8,14,18,23H,1-2,9-13,15-16H2,(H,31,36)(H,34,35). The SMILES string of the molecule is O=C(O)CN1CCC(c2ccc(C(=O)Nc3ccc(Br)c(CN4CCCC4C(F)(F)F)c3)cc2)CC1. The highest BCUT2D eigenvalue weighted by molar-refractivity contribution is 9.10. The summed E-state index contributed by atoms with van der Waals surface area (Å²) in [4.78, 5) is 27.1. The zero-order valence-corrected chi connectivity index (χ0v) is 21.3. The Bertz CT molecular complexity index is 1090. The minimum atomic E-state index is -4.25. The van der Waals surface area contributed by atoms with E-state index < -0.39 is 18.2 Å². The first-order valence-electron chi connectivity index (χ1n) is 12.0. The van der Waals surface area contributed by atoms with E-state index in [1.165, 1.54) is 4.90 Å². The largest absolute Gasteiger partial charge is 0.480 e. The van der Waals surface area contributed by atoms with E-state index in [9.17, 15) is 22.8 Å². The average molecular weight is 568 g/mol. The van der Waals surface area contributed by atoms with E-state index in [2.05, 4.69) is 21.2 Å². The second kappa shape index (κ2) is 11.3. The van der Waals surface area contributed by atoms with Gasteiger partial charge < -0.3 is 10.4 Å². The molecule has 1 unspecified atom stereocenters.